The summed E-state index contributed by atoms with van der Waals surface area (Å²) in [5.41, 5.74) is 0.333. The third-order valence-electron chi connectivity index (χ3n) is 3.07. The van der Waals surface area contributed by atoms with Crippen molar-refractivity contribution in [3.8, 4) is 11.3 Å². The minimum Gasteiger partial charge on any atom is -0.380 e. The van der Waals surface area contributed by atoms with E-state index in [0.717, 1.165) is 6.20 Å². The van der Waals surface area contributed by atoms with E-state index in [0.29, 0.717) is 11.1 Å². The van der Waals surface area contributed by atoms with Crippen LogP contribution in [0.1, 0.15) is 5.56 Å². The number of aliphatic hydroxyl groups is 1. The van der Waals surface area contributed by atoms with Gasteiger partial charge in [-0.1, -0.05) is 18.2 Å². The van der Waals surface area contributed by atoms with E-state index in [1.807, 2.05) is 0 Å². The number of aromatic nitrogens is 2. The van der Waals surface area contributed by atoms with Crippen molar-refractivity contribution >= 4 is 11.6 Å². The van der Waals surface area contributed by atoms with Gasteiger partial charge in [0.2, 0.25) is 5.28 Å². The summed E-state index contributed by atoms with van der Waals surface area (Å²) in [6.45, 7) is 0.479. The van der Waals surface area contributed by atoms with Crippen molar-refractivity contribution in [1.82, 2.24) is 9.97 Å². The van der Waals surface area contributed by atoms with Crippen molar-refractivity contribution in [3.05, 3.63) is 47.1 Å². The Labute approximate surface area is 113 Å². The van der Waals surface area contributed by atoms with E-state index in [9.17, 15) is 9.50 Å². The zero-order valence-electron chi connectivity index (χ0n) is 9.81. The summed E-state index contributed by atoms with van der Waals surface area (Å²) in [5, 5.41) is 10.2. The topological polar surface area (TPSA) is 55.2 Å². The maximum Gasteiger partial charge on any atom is 0.223 e. The summed E-state index contributed by atoms with van der Waals surface area (Å²) in [5.74, 6) is -0.557. The third kappa shape index (κ3) is 2.20. The second-order valence-corrected chi connectivity index (χ2v) is 4.78. The molecule has 98 valence electrons. The molecule has 0 amide bonds. The van der Waals surface area contributed by atoms with Gasteiger partial charge in [-0.05, 0) is 23.2 Å². The fraction of sp³-hybridized carbons (Fsp3) is 0.231. The van der Waals surface area contributed by atoms with Crippen molar-refractivity contribution in [1.29, 1.82) is 0 Å². The number of benzene rings is 1. The summed E-state index contributed by atoms with van der Waals surface area (Å²) >= 11 is 5.68. The molecule has 0 radical (unpaired) electrons. The molecule has 2 aromatic rings. The Morgan fingerprint density at radius 3 is 2.84 bits per heavy atom. The Bertz CT molecular complexity index is 632. The van der Waals surface area contributed by atoms with Crippen LogP contribution in [-0.4, -0.2) is 28.3 Å². The van der Waals surface area contributed by atoms with Crippen molar-refractivity contribution < 1.29 is 14.2 Å². The Morgan fingerprint density at radius 1 is 1.37 bits per heavy atom. The third-order valence-corrected chi connectivity index (χ3v) is 3.25. The minimum absolute atomic E-state index is 0.0208. The molecule has 1 aliphatic heterocycles. The Balaban J connectivity index is 2.06. The molecule has 19 heavy (non-hydrogen) atoms. The van der Waals surface area contributed by atoms with Gasteiger partial charge in [0.1, 0.15) is 11.3 Å². The molecule has 1 aromatic heterocycles. The molecule has 0 bridgehead atoms. The number of halogens is 2. The molecular formula is C13H10ClFN2O2. The van der Waals surface area contributed by atoms with Crippen LogP contribution in [0, 0.1) is 5.82 Å². The standard InChI is InChI=1S/C13H10ClFN2O2/c14-12-16-5-10(15)11(17-12)8-2-1-3-9(4-8)13(18)6-19-7-13/h1-5,18H,6-7H2. The fourth-order valence-corrected chi connectivity index (χ4v) is 2.10. The van der Waals surface area contributed by atoms with Crippen molar-refractivity contribution in [2.45, 2.75) is 5.60 Å². The van der Waals surface area contributed by atoms with Gasteiger partial charge in [0.15, 0.2) is 5.82 Å². The van der Waals surface area contributed by atoms with Crippen LogP contribution in [0.3, 0.4) is 0 Å². The highest BCUT2D eigenvalue weighted by Crippen LogP contribution is 2.32. The number of ether oxygens (including phenoxy) is 1. The quantitative estimate of drug-likeness (QED) is 0.857. The van der Waals surface area contributed by atoms with Crippen molar-refractivity contribution in [2.24, 2.45) is 0 Å². The van der Waals surface area contributed by atoms with Gasteiger partial charge >= 0.3 is 0 Å². The first-order valence-electron chi connectivity index (χ1n) is 5.68. The summed E-state index contributed by atoms with van der Waals surface area (Å²) in [6, 6.07) is 6.89. The molecule has 0 aliphatic carbocycles. The molecule has 1 saturated heterocycles. The lowest BCUT2D eigenvalue weighted by molar-refractivity contribution is -0.184. The number of nitrogens with zero attached hydrogens (tertiary/aromatic N) is 2. The largest absolute Gasteiger partial charge is 0.380 e. The predicted molar refractivity (Wildman–Crippen MR) is 67.2 cm³/mol. The van der Waals surface area contributed by atoms with Crippen LogP contribution < -0.4 is 0 Å². The molecule has 1 N–H and O–H groups in total. The smallest absolute Gasteiger partial charge is 0.223 e. The first-order chi connectivity index (χ1) is 9.08. The van der Waals surface area contributed by atoms with E-state index in [1.54, 1.807) is 24.3 Å². The van der Waals surface area contributed by atoms with E-state index in [1.165, 1.54) is 0 Å². The van der Waals surface area contributed by atoms with Gasteiger partial charge in [-0.2, -0.15) is 0 Å². The second kappa shape index (κ2) is 4.52. The molecule has 1 aromatic carbocycles. The van der Waals surface area contributed by atoms with Crippen molar-refractivity contribution in [2.75, 3.05) is 13.2 Å². The Kier molecular flexibility index (Phi) is 2.97. The molecule has 2 heterocycles. The monoisotopic (exact) mass is 280 g/mol. The van der Waals surface area contributed by atoms with Gasteiger partial charge in [-0.25, -0.2) is 14.4 Å². The molecule has 1 fully saturated rings. The maximum atomic E-state index is 13.7. The van der Waals surface area contributed by atoms with Gasteiger partial charge in [0.05, 0.1) is 19.4 Å². The predicted octanol–water partition coefficient (Wildman–Crippen LogP) is 2.15. The van der Waals surface area contributed by atoms with Crippen LogP contribution in [0.2, 0.25) is 5.28 Å². The molecule has 0 spiro atoms. The zero-order valence-corrected chi connectivity index (χ0v) is 10.6. The molecule has 6 heteroatoms. The minimum atomic E-state index is -0.997. The summed E-state index contributed by atoms with van der Waals surface area (Å²) in [6.07, 6.45) is 1.03. The van der Waals surface area contributed by atoms with Gasteiger partial charge in [-0.3, -0.25) is 0 Å². The average Bonchev–Trinajstić information content (AvgIpc) is 2.39. The number of hydrogen-bond acceptors (Lipinski definition) is 4. The van der Waals surface area contributed by atoms with E-state index >= 15 is 0 Å². The molecule has 1 aliphatic rings. The van der Waals surface area contributed by atoms with Gasteiger partial charge in [-0.15, -0.1) is 0 Å². The molecule has 3 rings (SSSR count). The van der Waals surface area contributed by atoms with E-state index < -0.39 is 11.4 Å². The average molecular weight is 281 g/mol. The lowest BCUT2D eigenvalue weighted by atomic mass is 9.90. The SMILES string of the molecule is OC1(c2cccc(-c3nc(Cl)ncc3F)c2)COC1. The highest BCUT2D eigenvalue weighted by Gasteiger charge is 2.38. The lowest BCUT2D eigenvalue weighted by Crippen LogP contribution is -2.46. The number of hydrogen-bond donors (Lipinski definition) is 1. The maximum absolute atomic E-state index is 13.7. The molecule has 4 nitrogen and oxygen atoms in total. The fourth-order valence-electron chi connectivity index (χ4n) is 1.97. The van der Waals surface area contributed by atoms with Crippen LogP contribution in [0.4, 0.5) is 4.39 Å². The van der Waals surface area contributed by atoms with Crippen LogP contribution in [0.25, 0.3) is 11.3 Å². The molecular weight excluding hydrogens is 271 g/mol. The zero-order chi connectivity index (χ0) is 13.5. The molecule has 0 atom stereocenters. The van der Waals surface area contributed by atoms with E-state index in [2.05, 4.69) is 9.97 Å². The second-order valence-electron chi connectivity index (χ2n) is 4.44. The Hall–Kier alpha value is -1.56. The molecule has 0 saturated carbocycles. The van der Waals surface area contributed by atoms with Crippen LogP contribution in [-0.2, 0) is 10.3 Å². The van der Waals surface area contributed by atoms with Gasteiger partial charge in [0.25, 0.3) is 0 Å². The van der Waals surface area contributed by atoms with Crippen LogP contribution >= 0.6 is 11.6 Å². The Morgan fingerprint density at radius 2 is 2.16 bits per heavy atom. The van der Waals surface area contributed by atoms with Gasteiger partial charge in [0, 0.05) is 5.56 Å². The van der Waals surface area contributed by atoms with Crippen LogP contribution in [0.5, 0.6) is 0 Å². The number of rotatable bonds is 2. The summed E-state index contributed by atoms with van der Waals surface area (Å²) in [4.78, 5) is 7.45. The highest BCUT2D eigenvalue weighted by atomic mass is 35.5. The van der Waals surface area contributed by atoms with E-state index in [-0.39, 0.29) is 24.2 Å². The van der Waals surface area contributed by atoms with Gasteiger partial charge < -0.3 is 9.84 Å². The normalized spacial score (nSPS) is 17.0. The highest BCUT2D eigenvalue weighted by molar-refractivity contribution is 6.28. The summed E-state index contributed by atoms with van der Waals surface area (Å²) < 4.78 is 18.7. The van der Waals surface area contributed by atoms with Crippen molar-refractivity contribution in [3.63, 3.8) is 0 Å². The first-order valence-corrected chi connectivity index (χ1v) is 6.05. The summed E-state index contributed by atoms with van der Waals surface area (Å²) in [7, 11) is 0. The van der Waals surface area contributed by atoms with E-state index in [4.69, 9.17) is 16.3 Å². The first kappa shape index (κ1) is 12.5. The molecule has 0 unspecified atom stereocenters. The lowest BCUT2D eigenvalue weighted by Gasteiger charge is -2.36. The van der Waals surface area contributed by atoms with Crippen LogP contribution in [0.15, 0.2) is 30.5 Å².